The van der Waals surface area contributed by atoms with Crippen LogP contribution in [0.3, 0.4) is 0 Å². The number of amides is 1. The third kappa shape index (κ3) is 4.80. The monoisotopic (exact) mass is 451 g/mol. The summed E-state index contributed by atoms with van der Waals surface area (Å²) in [6.07, 6.45) is 2.24. The molecular formula is C24H19Cl2N3O2. The molecule has 0 radical (unpaired) electrons. The fourth-order valence-corrected chi connectivity index (χ4v) is 3.68. The predicted octanol–water partition coefficient (Wildman–Crippen LogP) is 5.18. The number of hydrogen-bond donors (Lipinski definition) is 2. The number of nitrogens with one attached hydrogen (secondary N) is 1. The van der Waals surface area contributed by atoms with Gasteiger partial charge in [0.1, 0.15) is 0 Å². The molecule has 0 aliphatic heterocycles. The van der Waals surface area contributed by atoms with E-state index >= 15 is 0 Å². The van der Waals surface area contributed by atoms with Crippen LogP contribution in [0.1, 0.15) is 22.8 Å². The van der Waals surface area contributed by atoms with Crippen molar-refractivity contribution in [3.05, 3.63) is 106 Å². The third-order valence-corrected chi connectivity index (χ3v) is 5.64. The van der Waals surface area contributed by atoms with Gasteiger partial charge in [0.2, 0.25) is 0 Å². The zero-order valence-corrected chi connectivity index (χ0v) is 17.9. The van der Waals surface area contributed by atoms with Crippen molar-refractivity contribution in [2.24, 2.45) is 5.10 Å². The zero-order valence-electron chi connectivity index (χ0n) is 16.4. The van der Waals surface area contributed by atoms with Crippen LogP contribution < -0.4 is 5.43 Å². The van der Waals surface area contributed by atoms with Gasteiger partial charge in [0.15, 0.2) is 6.10 Å². The topological polar surface area (TPSA) is 66.6 Å². The third-order valence-electron chi connectivity index (χ3n) is 4.90. The maximum atomic E-state index is 12.2. The van der Waals surface area contributed by atoms with E-state index in [0.29, 0.717) is 22.2 Å². The van der Waals surface area contributed by atoms with Crippen molar-refractivity contribution in [2.45, 2.75) is 12.6 Å². The van der Waals surface area contributed by atoms with E-state index in [-0.39, 0.29) is 0 Å². The number of aromatic nitrogens is 1. The highest BCUT2D eigenvalue weighted by Crippen LogP contribution is 2.25. The molecule has 0 saturated heterocycles. The molecule has 1 amide bonds. The Bertz CT molecular complexity index is 1250. The first kappa shape index (κ1) is 21.1. The first-order valence-electron chi connectivity index (χ1n) is 9.60. The summed E-state index contributed by atoms with van der Waals surface area (Å²) in [5, 5.41) is 16.2. The molecule has 3 aromatic carbocycles. The molecule has 2 N–H and O–H groups in total. The fraction of sp³-hybridized carbons (Fsp3) is 0.0833. The van der Waals surface area contributed by atoms with Crippen LogP contribution in [-0.2, 0) is 11.3 Å². The molecule has 0 bridgehead atoms. The summed E-state index contributed by atoms with van der Waals surface area (Å²) in [6.45, 7) is 0.602. The first-order valence-corrected chi connectivity index (χ1v) is 10.4. The van der Waals surface area contributed by atoms with Crippen molar-refractivity contribution in [1.29, 1.82) is 0 Å². The number of benzene rings is 3. The molecule has 0 spiro atoms. The highest BCUT2D eigenvalue weighted by molar-refractivity contribution is 6.42. The minimum atomic E-state index is -1.28. The van der Waals surface area contributed by atoms with Gasteiger partial charge < -0.3 is 9.67 Å². The van der Waals surface area contributed by atoms with E-state index < -0.39 is 12.0 Å². The van der Waals surface area contributed by atoms with E-state index in [2.05, 4.69) is 15.1 Å². The number of carbonyl (C=O) groups excluding carboxylic acids is 1. The van der Waals surface area contributed by atoms with E-state index in [1.54, 1.807) is 36.5 Å². The van der Waals surface area contributed by atoms with Crippen molar-refractivity contribution in [3.8, 4) is 0 Å². The fourth-order valence-electron chi connectivity index (χ4n) is 3.36. The number of fused-ring (bicyclic) bond motifs is 1. The number of rotatable bonds is 6. The van der Waals surface area contributed by atoms with Gasteiger partial charge in [0.25, 0.3) is 5.91 Å². The van der Waals surface area contributed by atoms with Gasteiger partial charge in [-0.2, -0.15) is 5.10 Å². The maximum absolute atomic E-state index is 12.2. The van der Waals surface area contributed by atoms with Crippen LogP contribution >= 0.6 is 23.2 Å². The highest BCUT2D eigenvalue weighted by Gasteiger charge is 2.16. The van der Waals surface area contributed by atoms with E-state index in [1.165, 1.54) is 0 Å². The average molecular weight is 452 g/mol. The lowest BCUT2D eigenvalue weighted by atomic mass is 10.1. The van der Waals surface area contributed by atoms with Crippen molar-refractivity contribution in [3.63, 3.8) is 0 Å². The summed E-state index contributed by atoms with van der Waals surface area (Å²) >= 11 is 12.2. The second kappa shape index (κ2) is 9.35. The summed E-state index contributed by atoms with van der Waals surface area (Å²) < 4.78 is 2.08. The molecule has 7 heteroatoms. The number of nitrogens with zero attached hydrogens (tertiary/aromatic N) is 2. The molecule has 5 nitrogen and oxygen atoms in total. The van der Waals surface area contributed by atoms with Gasteiger partial charge >= 0.3 is 0 Å². The molecular weight excluding hydrogens is 433 g/mol. The van der Waals surface area contributed by atoms with Gasteiger partial charge in [-0.1, -0.05) is 77.8 Å². The number of hydrazone groups is 1. The van der Waals surface area contributed by atoms with Crippen LogP contribution in [0.5, 0.6) is 0 Å². The van der Waals surface area contributed by atoms with Gasteiger partial charge in [-0.3, -0.25) is 4.79 Å². The largest absolute Gasteiger partial charge is 0.378 e. The number of halogens is 2. The summed E-state index contributed by atoms with van der Waals surface area (Å²) in [5.74, 6) is -0.595. The normalized spacial score (nSPS) is 12.4. The Kier molecular flexibility index (Phi) is 6.37. The molecule has 0 aliphatic carbocycles. The Morgan fingerprint density at radius 3 is 2.55 bits per heavy atom. The number of para-hydroxylation sites is 1. The van der Waals surface area contributed by atoms with Crippen molar-refractivity contribution < 1.29 is 9.90 Å². The van der Waals surface area contributed by atoms with Crippen molar-refractivity contribution >= 4 is 46.2 Å². The van der Waals surface area contributed by atoms with E-state index in [1.807, 2.05) is 48.7 Å². The average Bonchev–Trinajstić information content (AvgIpc) is 3.14. The second-order valence-corrected chi connectivity index (χ2v) is 7.84. The summed E-state index contributed by atoms with van der Waals surface area (Å²) in [6, 6.07) is 22.2. The van der Waals surface area contributed by atoms with Gasteiger partial charge in [0.05, 0.1) is 16.3 Å². The SMILES string of the molecule is O=C(N/N=C\c1cn(Cc2ccc(Cl)c(Cl)c2)c2ccccc12)[C@@H](O)c1ccccc1. The Labute approximate surface area is 189 Å². The summed E-state index contributed by atoms with van der Waals surface area (Å²) in [7, 11) is 0. The molecule has 0 saturated carbocycles. The molecule has 1 heterocycles. The van der Waals surface area contributed by atoms with Crippen LogP contribution in [0.25, 0.3) is 10.9 Å². The molecule has 0 aliphatic rings. The Morgan fingerprint density at radius 2 is 1.77 bits per heavy atom. The predicted molar refractivity (Wildman–Crippen MR) is 125 cm³/mol. The molecule has 0 unspecified atom stereocenters. The number of aliphatic hydroxyl groups excluding tert-OH is 1. The zero-order chi connectivity index (χ0) is 21.8. The van der Waals surface area contributed by atoms with Crippen LogP contribution in [0, 0.1) is 0 Å². The molecule has 4 aromatic rings. The summed E-state index contributed by atoms with van der Waals surface area (Å²) in [5.41, 5.74) is 5.78. The lowest BCUT2D eigenvalue weighted by molar-refractivity contribution is -0.129. The molecule has 1 aromatic heterocycles. The number of carbonyl (C=O) groups is 1. The van der Waals surface area contributed by atoms with Gasteiger partial charge in [-0.25, -0.2) is 5.43 Å². The number of hydrogen-bond acceptors (Lipinski definition) is 3. The molecule has 156 valence electrons. The molecule has 4 rings (SSSR count). The van der Waals surface area contributed by atoms with Gasteiger partial charge in [-0.15, -0.1) is 0 Å². The molecule has 31 heavy (non-hydrogen) atoms. The first-order chi connectivity index (χ1) is 15.0. The minimum absolute atomic E-state index is 0.508. The summed E-state index contributed by atoms with van der Waals surface area (Å²) in [4.78, 5) is 12.2. The van der Waals surface area contributed by atoms with E-state index in [9.17, 15) is 9.90 Å². The second-order valence-electron chi connectivity index (χ2n) is 7.03. The van der Waals surface area contributed by atoms with E-state index in [0.717, 1.165) is 22.0 Å². The quantitative estimate of drug-likeness (QED) is 0.313. The highest BCUT2D eigenvalue weighted by atomic mass is 35.5. The van der Waals surface area contributed by atoms with Crippen LogP contribution in [0.4, 0.5) is 0 Å². The minimum Gasteiger partial charge on any atom is -0.378 e. The lowest BCUT2D eigenvalue weighted by Gasteiger charge is -2.08. The van der Waals surface area contributed by atoms with Crippen molar-refractivity contribution in [2.75, 3.05) is 0 Å². The molecule has 0 fully saturated rings. The van der Waals surface area contributed by atoms with Crippen LogP contribution in [-0.4, -0.2) is 21.8 Å². The Morgan fingerprint density at radius 1 is 1.03 bits per heavy atom. The maximum Gasteiger partial charge on any atom is 0.273 e. The Hall–Kier alpha value is -3.12. The Balaban J connectivity index is 1.54. The van der Waals surface area contributed by atoms with Gasteiger partial charge in [-0.05, 0) is 29.3 Å². The lowest BCUT2D eigenvalue weighted by Crippen LogP contribution is -2.25. The number of aliphatic hydroxyl groups is 1. The van der Waals surface area contributed by atoms with E-state index in [4.69, 9.17) is 23.2 Å². The van der Waals surface area contributed by atoms with Crippen LogP contribution in [0.15, 0.2) is 84.1 Å². The smallest absolute Gasteiger partial charge is 0.273 e. The van der Waals surface area contributed by atoms with Gasteiger partial charge in [0, 0.05) is 29.2 Å². The van der Waals surface area contributed by atoms with Crippen molar-refractivity contribution in [1.82, 2.24) is 9.99 Å². The standard InChI is InChI=1S/C24H19Cl2N3O2/c25-20-11-10-16(12-21(20)26)14-29-15-18(19-8-4-5-9-22(19)29)13-27-28-24(31)23(30)17-6-2-1-3-7-17/h1-13,15,23,30H,14H2,(H,28,31)/b27-13-/t23-/m0/s1. The molecule has 1 atom stereocenters. The van der Waals surface area contributed by atoms with Crippen LogP contribution in [0.2, 0.25) is 10.0 Å².